The SMILES string of the molecule is CN(C[C@@H]1CO1)C1CCCS(=O)(=O)CC1. The lowest BCUT2D eigenvalue weighted by molar-refractivity contribution is 0.205. The van der Waals surface area contributed by atoms with E-state index in [2.05, 4.69) is 11.9 Å². The fraction of sp³-hybridized carbons (Fsp3) is 1.00. The molecule has 0 aromatic heterocycles. The zero-order valence-corrected chi connectivity index (χ0v) is 10.0. The van der Waals surface area contributed by atoms with Crippen LogP contribution in [0.2, 0.25) is 0 Å². The molecule has 2 atom stereocenters. The van der Waals surface area contributed by atoms with Crippen LogP contribution in [0.4, 0.5) is 0 Å². The molecule has 0 amide bonds. The Labute approximate surface area is 91.5 Å². The molecule has 0 aromatic carbocycles. The summed E-state index contributed by atoms with van der Waals surface area (Å²) in [5.41, 5.74) is 0. The minimum absolute atomic E-state index is 0.355. The lowest BCUT2D eigenvalue weighted by atomic mass is 10.1. The molecule has 2 aliphatic heterocycles. The topological polar surface area (TPSA) is 49.9 Å². The van der Waals surface area contributed by atoms with Crippen LogP contribution in [0, 0.1) is 0 Å². The summed E-state index contributed by atoms with van der Waals surface area (Å²) in [6, 6.07) is 0.423. The van der Waals surface area contributed by atoms with Crippen molar-refractivity contribution in [1.82, 2.24) is 4.90 Å². The summed E-state index contributed by atoms with van der Waals surface area (Å²) >= 11 is 0. The van der Waals surface area contributed by atoms with Gasteiger partial charge < -0.3 is 9.64 Å². The normalized spacial score (nSPS) is 35.1. The first-order valence-corrected chi connectivity index (χ1v) is 7.41. The first-order valence-electron chi connectivity index (χ1n) is 5.59. The Morgan fingerprint density at radius 2 is 2.07 bits per heavy atom. The molecule has 15 heavy (non-hydrogen) atoms. The van der Waals surface area contributed by atoms with Crippen molar-refractivity contribution >= 4 is 9.84 Å². The predicted octanol–water partition coefficient (Wildman–Crippen LogP) is 0.284. The first kappa shape index (κ1) is 11.4. The quantitative estimate of drug-likeness (QED) is 0.657. The van der Waals surface area contributed by atoms with E-state index >= 15 is 0 Å². The molecule has 4 nitrogen and oxygen atoms in total. The lowest BCUT2D eigenvalue weighted by Gasteiger charge is -2.25. The van der Waals surface area contributed by atoms with Crippen LogP contribution in [0.3, 0.4) is 0 Å². The number of ether oxygens (including phenoxy) is 1. The van der Waals surface area contributed by atoms with Crippen molar-refractivity contribution in [3.63, 3.8) is 0 Å². The fourth-order valence-electron chi connectivity index (χ4n) is 2.19. The highest BCUT2D eigenvalue weighted by Crippen LogP contribution is 2.19. The van der Waals surface area contributed by atoms with Gasteiger partial charge in [0.2, 0.25) is 0 Å². The number of rotatable bonds is 3. The number of hydrogen-bond acceptors (Lipinski definition) is 4. The summed E-state index contributed by atoms with van der Waals surface area (Å²) in [7, 11) is -0.683. The van der Waals surface area contributed by atoms with E-state index in [4.69, 9.17) is 4.74 Å². The molecule has 2 fully saturated rings. The van der Waals surface area contributed by atoms with Crippen molar-refractivity contribution in [3.8, 4) is 0 Å². The van der Waals surface area contributed by atoms with Crippen LogP contribution in [0.25, 0.3) is 0 Å². The summed E-state index contributed by atoms with van der Waals surface area (Å²) in [5.74, 6) is 0.727. The number of epoxide rings is 1. The number of nitrogens with zero attached hydrogens (tertiary/aromatic N) is 1. The molecule has 0 saturated carbocycles. The van der Waals surface area contributed by atoms with Crippen molar-refractivity contribution in [1.29, 1.82) is 0 Å². The van der Waals surface area contributed by atoms with Gasteiger partial charge >= 0.3 is 0 Å². The highest BCUT2D eigenvalue weighted by molar-refractivity contribution is 7.91. The standard InChI is InChI=1S/C10H19NO3S/c1-11(7-10-8-14-10)9-3-2-5-15(12,13)6-4-9/h9-10H,2-8H2,1H3/t9?,10-/m1/s1. The molecule has 0 N–H and O–H groups in total. The summed E-state index contributed by atoms with van der Waals surface area (Å²) in [6.07, 6.45) is 2.99. The Morgan fingerprint density at radius 3 is 2.73 bits per heavy atom. The van der Waals surface area contributed by atoms with E-state index in [0.717, 1.165) is 32.4 Å². The zero-order valence-electron chi connectivity index (χ0n) is 9.18. The molecule has 0 aliphatic carbocycles. The second-order valence-corrected chi connectivity index (χ2v) is 6.94. The van der Waals surface area contributed by atoms with E-state index in [1.54, 1.807) is 0 Å². The minimum Gasteiger partial charge on any atom is -0.372 e. The van der Waals surface area contributed by atoms with Gasteiger partial charge in [0, 0.05) is 12.6 Å². The summed E-state index contributed by atoms with van der Waals surface area (Å²) in [6.45, 7) is 1.82. The molecule has 5 heteroatoms. The second-order valence-electron chi connectivity index (χ2n) is 4.63. The van der Waals surface area contributed by atoms with Crippen molar-refractivity contribution in [2.75, 3.05) is 31.7 Å². The summed E-state index contributed by atoms with van der Waals surface area (Å²) in [4.78, 5) is 2.26. The van der Waals surface area contributed by atoms with Gasteiger partial charge in [-0.1, -0.05) is 0 Å². The van der Waals surface area contributed by atoms with E-state index in [9.17, 15) is 8.42 Å². The molecule has 0 aromatic rings. The van der Waals surface area contributed by atoms with Gasteiger partial charge in [0.05, 0.1) is 24.2 Å². The van der Waals surface area contributed by atoms with Gasteiger partial charge in [-0.3, -0.25) is 0 Å². The first-order chi connectivity index (χ1) is 7.07. The van der Waals surface area contributed by atoms with E-state index in [1.807, 2.05) is 0 Å². The Bertz CT molecular complexity index is 311. The molecule has 2 aliphatic rings. The summed E-state index contributed by atoms with van der Waals surface area (Å²) < 4.78 is 28.0. The van der Waals surface area contributed by atoms with Crippen LogP contribution < -0.4 is 0 Å². The highest BCUT2D eigenvalue weighted by Gasteiger charge is 2.29. The molecular formula is C10H19NO3S. The third-order valence-electron chi connectivity index (χ3n) is 3.27. The minimum atomic E-state index is -2.76. The van der Waals surface area contributed by atoms with Crippen LogP contribution in [0.5, 0.6) is 0 Å². The molecule has 2 rings (SSSR count). The third kappa shape index (κ3) is 3.43. The maximum Gasteiger partial charge on any atom is 0.150 e. The van der Waals surface area contributed by atoms with Gasteiger partial charge in [0.1, 0.15) is 9.84 Å². The summed E-state index contributed by atoms with van der Waals surface area (Å²) in [5, 5.41) is 0. The number of sulfone groups is 1. The van der Waals surface area contributed by atoms with Crippen molar-refractivity contribution < 1.29 is 13.2 Å². The van der Waals surface area contributed by atoms with E-state index in [0.29, 0.717) is 23.7 Å². The van der Waals surface area contributed by atoms with Gasteiger partial charge in [-0.2, -0.15) is 0 Å². The molecule has 0 bridgehead atoms. The molecule has 1 unspecified atom stereocenters. The van der Waals surface area contributed by atoms with Crippen LogP contribution in [0.15, 0.2) is 0 Å². The predicted molar refractivity (Wildman–Crippen MR) is 58.7 cm³/mol. The van der Waals surface area contributed by atoms with Gasteiger partial charge in [0.25, 0.3) is 0 Å². The van der Waals surface area contributed by atoms with Crippen LogP contribution >= 0.6 is 0 Å². The van der Waals surface area contributed by atoms with Crippen molar-refractivity contribution in [3.05, 3.63) is 0 Å². The highest BCUT2D eigenvalue weighted by atomic mass is 32.2. The van der Waals surface area contributed by atoms with Gasteiger partial charge in [-0.05, 0) is 26.3 Å². The Morgan fingerprint density at radius 1 is 1.33 bits per heavy atom. The van der Waals surface area contributed by atoms with E-state index < -0.39 is 9.84 Å². The number of hydrogen-bond donors (Lipinski definition) is 0. The third-order valence-corrected chi connectivity index (χ3v) is 5.04. The average molecular weight is 233 g/mol. The van der Waals surface area contributed by atoms with E-state index in [-0.39, 0.29) is 0 Å². The lowest BCUT2D eigenvalue weighted by Crippen LogP contribution is -2.35. The Balaban J connectivity index is 1.86. The molecule has 88 valence electrons. The molecule has 0 radical (unpaired) electrons. The second kappa shape index (κ2) is 4.39. The van der Waals surface area contributed by atoms with Crippen LogP contribution in [-0.4, -0.2) is 57.2 Å². The maximum atomic E-state index is 11.4. The molecule has 2 heterocycles. The Kier molecular flexibility index (Phi) is 3.33. The smallest absolute Gasteiger partial charge is 0.150 e. The van der Waals surface area contributed by atoms with Gasteiger partial charge in [-0.15, -0.1) is 0 Å². The Hall–Kier alpha value is -0.130. The molecule has 0 spiro atoms. The maximum absolute atomic E-state index is 11.4. The van der Waals surface area contributed by atoms with Crippen molar-refractivity contribution in [2.45, 2.75) is 31.4 Å². The molecular weight excluding hydrogens is 214 g/mol. The average Bonchev–Trinajstić information content (AvgIpc) is 2.93. The van der Waals surface area contributed by atoms with Gasteiger partial charge in [-0.25, -0.2) is 8.42 Å². The van der Waals surface area contributed by atoms with Crippen LogP contribution in [-0.2, 0) is 14.6 Å². The fourth-order valence-corrected chi connectivity index (χ4v) is 3.63. The van der Waals surface area contributed by atoms with E-state index in [1.165, 1.54) is 0 Å². The largest absolute Gasteiger partial charge is 0.372 e. The zero-order chi connectivity index (χ0) is 10.9. The van der Waals surface area contributed by atoms with Gasteiger partial charge in [0.15, 0.2) is 0 Å². The molecule has 2 saturated heterocycles. The van der Waals surface area contributed by atoms with Crippen molar-refractivity contribution in [2.24, 2.45) is 0 Å². The monoisotopic (exact) mass is 233 g/mol. The number of likely N-dealkylation sites (N-methyl/N-ethyl adjacent to an activating group) is 1. The van der Waals surface area contributed by atoms with Crippen LogP contribution in [0.1, 0.15) is 19.3 Å².